The van der Waals surface area contributed by atoms with Crippen molar-refractivity contribution in [1.29, 1.82) is 0 Å². The van der Waals surface area contributed by atoms with Crippen molar-refractivity contribution < 1.29 is 9.90 Å². The molecule has 0 aliphatic carbocycles. The van der Waals surface area contributed by atoms with Crippen LogP contribution >= 0.6 is 11.3 Å². The van der Waals surface area contributed by atoms with Gasteiger partial charge in [-0.1, -0.05) is 24.3 Å². The second-order valence-electron chi connectivity index (χ2n) is 6.88. The molecule has 4 rings (SSSR count). The monoisotopic (exact) mass is 404 g/mol. The summed E-state index contributed by atoms with van der Waals surface area (Å²) in [6, 6.07) is 15.0. The van der Waals surface area contributed by atoms with Crippen LogP contribution in [0.2, 0.25) is 0 Å². The van der Waals surface area contributed by atoms with Gasteiger partial charge in [0.1, 0.15) is 5.75 Å². The lowest BCUT2D eigenvalue weighted by atomic mass is 10.1. The fourth-order valence-electron chi connectivity index (χ4n) is 3.02. The fraction of sp³-hybridized carbons (Fsp3) is 0.136. The minimum Gasteiger partial charge on any atom is -0.507 e. The first-order valence-corrected chi connectivity index (χ1v) is 9.95. The lowest BCUT2D eigenvalue weighted by Gasteiger charge is -2.12. The summed E-state index contributed by atoms with van der Waals surface area (Å²) >= 11 is 1.31. The number of hydrazone groups is 1. The van der Waals surface area contributed by atoms with Gasteiger partial charge in [0.05, 0.1) is 17.0 Å². The number of amides is 1. The first-order valence-electron chi connectivity index (χ1n) is 9.07. The molecule has 1 aromatic heterocycles. The van der Waals surface area contributed by atoms with Gasteiger partial charge >= 0.3 is 0 Å². The second-order valence-corrected chi connectivity index (χ2v) is 7.72. The Morgan fingerprint density at radius 2 is 1.83 bits per heavy atom. The number of aromatic hydroxyl groups is 1. The van der Waals surface area contributed by atoms with Gasteiger partial charge in [-0.3, -0.25) is 4.79 Å². The van der Waals surface area contributed by atoms with Crippen LogP contribution in [0.4, 0.5) is 10.8 Å². The second kappa shape index (κ2) is 7.52. The molecule has 3 aromatic rings. The zero-order chi connectivity index (χ0) is 20.5. The average molecular weight is 404 g/mol. The maximum Gasteiger partial charge on any atom is 0.282 e. The Bertz CT molecular complexity index is 1130. The predicted octanol–water partition coefficient (Wildman–Crippen LogP) is 4.39. The topological polar surface area (TPSA) is 69.0 Å². The minimum absolute atomic E-state index is 0.151. The van der Waals surface area contributed by atoms with E-state index in [1.54, 1.807) is 18.2 Å². The van der Waals surface area contributed by atoms with E-state index in [1.807, 2.05) is 67.7 Å². The van der Waals surface area contributed by atoms with Crippen molar-refractivity contribution in [3.8, 4) is 17.0 Å². The molecule has 0 saturated heterocycles. The molecule has 1 aliphatic rings. The molecule has 0 bridgehead atoms. The van der Waals surface area contributed by atoms with Crippen LogP contribution in [0, 0.1) is 0 Å². The number of rotatable bonds is 4. The van der Waals surface area contributed by atoms with E-state index in [1.165, 1.54) is 16.3 Å². The number of hydrogen-bond donors (Lipinski definition) is 1. The van der Waals surface area contributed by atoms with Crippen molar-refractivity contribution in [2.24, 2.45) is 5.10 Å². The van der Waals surface area contributed by atoms with Crippen LogP contribution in [0.3, 0.4) is 0 Å². The van der Waals surface area contributed by atoms with E-state index in [4.69, 9.17) is 0 Å². The molecular formula is C22H20N4O2S. The summed E-state index contributed by atoms with van der Waals surface area (Å²) in [5.41, 5.74) is 4.45. The highest BCUT2D eigenvalue weighted by Crippen LogP contribution is 2.34. The maximum atomic E-state index is 13.0. The molecule has 146 valence electrons. The Labute approximate surface area is 173 Å². The van der Waals surface area contributed by atoms with E-state index in [-0.39, 0.29) is 11.7 Å². The van der Waals surface area contributed by atoms with E-state index in [0.717, 1.165) is 11.3 Å². The zero-order valence-corrected chi connectivity index (χ0v) is 17.1. The molecule has 0 unspecified atom stereocenters. The number of nitrogens with zero attached hydrogens (tertiary/aromatic N) is 4. The van der Waals surface area contributed by atoms with Crippen LogP contribution in [-0.4, -0.2) is 35.8 Å². The summed E-state index contributed by atoms with van der Waals surface area (Å²) in [7, 11) is 3.97. The number of hydrogen-bond acceptors (Lipinski definition) is 6. The Morgan fingerprint density at radius 3 is 2.52 bits per heavy atom. The molecule has 1 amide bonds. The summed E-state index contributed by atoms with van der Waals surface area (Å²) in [6.45, 7) is 1.81. The molecule has 6 nitrogen and oxygen atoms in total. The van der Waals surface area contributed by atoms with Gasteiger partial charge in [0.25, 0.3) is 5.91 Å². The highest BCUT2D eigenvalue weighted by atomic mass is 32.1. The number of benzene rings is 2. The Hall–Kier alpha value is -3.45. The maximum absolute atomic E-state index is 13.0. The van der Waals surface area contributed by atoms with Crippen molar-refractivity contribution in [2.75, 3.05) is 24.0 Å². The van der Waals surface area contributed by atoms with Crippen molar-refractivity contribution >= 4 is 39.9 Å². The Kier molecular flexibility index (Phi) is 4.90. The van der Waals surface area contributed by atoms with E-state index in [2.05, 4.69) is 10.1 Å². The smallest absolute Gasteiger partial charge is 0.282 e. The molecule has 29 heavy (non-hydrogen) atoms. The third kappa shape index (κ3) is 3.64. The first-order chi connectivity index (χ1) is 13.9. The number of anilines is 2. The Morgan fingerprint density at radius 1 is 1.10 bits per heavy atom. The minimum atomic E-state index is -0.211. The van der Waals surface area contributed by atoms with Gasteiger partial charge in [-0.2, -0.15) is 10.1 Å². The summed E-state index contributed by atoms with van der Waals surface area (Å²) < 4.78 is 0. The van der Waals surface area contributed by atoms with Crippen molar-refractivity contribution in [2.45, 2.75) is 6.92 Å². The van der Waals surface area contributed by atoms with Crippen LogP contribution in [0.1, 0.15) is 12.5 Å². The molecule has 0 spiro atoms. The number of para-hydroxylation sites is 1. The lowest BCUT2D eigenvalue weighted by Crippen LogP contribution is -2.21. The molecule has 1 N–H and O–H groups in total. The van der Waals surface area contributed by atoms with E-state index >= 15 is 0 Å². The predicted molar refractivity (Wildman–Crippen MR) is 119 cm³/mol. The SMILES string of the molecule is CC1=NN(c2nc(-c3ccccc3O)cs2)C(=O)/C1=C/c1ccc(N(C)C)cc1. The van der Waals surface area contributed by atoms with Crippen molar-refractivity contribution in [1.82, 2.24) is 4.98 Å². The zero-order valence-electron chi connectivity index (χ0n) is 16.3. The van der Waals surface area contributed by atoms with Crippen molar-refractivity contribution in [3.63, 3.8) is 0 Å². The summed E-state index contributed by atoms with van der Waals surface area (Å²) in [5, 5.41) is 18.0. The van der Waals surface area contributed by atoms with Crippen LogP contribution in [0.15, 0.2) is 64.6 Å². The average Bonchev–Trinajstić information content (AvgIpc) is 3.29. The molecule has 7 heteroatoms. The van der Waals surface area contributed by atoms with Crippen LogP contribution in [0.25, 0.3) is 17.3 Å². The number of phenols is 1. The van der Waals surface area contributed by atoms with Gasteiger partial charge in [0.15, 0.2) is 0 Å². The number of aromatic nitrogens is 1. The molecule has 2 heterocycles. The van der Waals surface area contributed by atoms with Gasteiger partial charge < -0.3 is 10.0 Å². The molecule has 0 atom stereocenters. The number of thiazole rings is 1. The first kappa shape index (κ1) is 18.9. The third-order valence-corrected chi connectivity index (χ3v) is 5.45. The molecule has 2 aromatic carbocycles. The fourth-order valence-corrected chi connectivity index (χ4v) is 3.80. The number of carbonyl (C=O) groups is 1. The quantitative estimate of drug-likeness (QED) is 0.655. The molecule has 0 saturated carbocycles. The summed E-state index contributed by atoms with van der Waals surface area (Å²) in [6.07, 6.45) is 1.85. The van der Waals surface area contributed by atoms with Crippen LogP contribution in [-0.2, 0) is 4.79 Å². The van der Waals surface area contributed by atoms with Crippen molar-refractivity contribution in [3.05, 3.63) is 65.0 Å². The number of carbonyl (C=O) groups excluding carboxylic acids is 1. The van der Waals surface area contributed by atoms with Gasteiger partial charge in [-0.15, -0.1) is 11.3 Å². The summed E-state index contributed by atoms with van der Waals surface area (Å²) in [5.74, 6) is -0.0593. The van der Waals surface area contributed by atoms with Gasteiger partial charge in [-0.05, 0) is 42.8 Å². The molecule has 0 fully saturated rings. The van der Waals surface area contributed by atoms with Crippen LogP contribution in [0.5, 0.6) is 5.75 Å². The van der Waals surface area contributed by atoms with Gasteiger partial charge in [-0.25, -0.2) is 4.98 Å². The van der Waals surface area contributed by atoms with Gasteiger partial charge in [0.2, 0.25) is 5.13 Å². The largest absolute Gasteiger partial charge is 0.507 e. The molecule has 0 radical (unpaired) electrons. The molecule has 1 aliphatic heterocycles. The Balaban J connectivity index is 1.60. The van der Waals surface area contributed by atoms with Crippen LogP contribution < -0.4 is 9.91 Å². The number of phenolic OH excluding ortho intramolecular Hbond substituents is 1. The van der Waals surface area contributed by atoms with E-state index < -0.39 is 0 Å². The highest BCUT2D eigenvalue weighted by molar-refractivity contribution is 7.14. The highest BCUT2D eigenvalue weighted by Gasteiger charge is 2.30. The standard InChI is InChI=1S/C22H20N4O2S/c1-14-18(12-15-8-10-16(11-9-15)25(2)3)21(28)26(24-14)22-23-19(13-29-22)17-6-4-5-7-20(17)27/h4-13,27H,1-3H3/b18-12+. The van der Waals surface area contributed by atoms with E-state index in [0.29, 0.717) is 27.7 Å². The lowest BCUT2D eigenvalue weighted by molar-refractivity contribution is -0.114. The van der Waals surface area contributed by atoms with Gasteiger partial charge in [0, 0.05) is 30.7 Å². The third-order valence-electron chi connectivity index (χ3n) is 4.64. The molecular weight excluding hydrogens is 384 g/mol. The van der Waals surface area contributed by atoms with E-state index in [9.17, 15) is 9.90 Å². The summed E-state index contributed by atoms with van der Waals surface area (Å²) in [4.78, 5) is 19.5. The normalized spacial score (nSPS) is 15.1.